The lowest BCUT2D eigenvalue weighted by molar-refractivity contribution is 0.0531. The van der Waals surface area contributed by atoms with E-state index in [4.69, 9.17) is 9.47 Å². The maximum atomic E-state index is 12.3. The summed E-state index contributed by atoms with van der Waals surface area (Å²) in [5.41, 5.74) is 5.55. The van der Waals surface area contributed by atoms with Crippen molar-refractivity contribution in [2.45, 2.75) is 39.5 Å². The van der Waals surface area contributed by atoms with Gasteiger partial charge in [0.1, 0.15) is 10.4 Å². The fourth-order valence-electron chi connectivity index (χ4n) is 4.25. The number of carbonyl (C=O) groups is 2. The van der Waals surface area contributed by atoms with Crippen molar-refractivity contribution in [1.82, 2.24) is 0 Å². The number of ether oxygens (including phenoxy) is 2. The van der Waals surface area contributed by atoms with E-state index in [0.717, 1.165) is 55.8 Å². The van der Waals surface area contributed by atoms with Gasteiger partial charge < -0.3 is 14.4 Å². The van der Waals surface area contributed by atoms with Gasteiger partial charge in [-0.15, -0.1) is 21.6 Å². The third-order valence-corrected chi connectivity index (χ3v) is 6.71. The Labute approximate surface area is 179 Å². The summed E-state index contributed by atoms with van der Waals surface area (Å²) in [6.45, 7) is 5.94. The van der Waals surface area contributed by atoms with Gasteiger partial charge in [-0.1, -0.05) is 0 Å². The molecule has 2 aromatic rings. The van der Waals surface area contributed by atoms with Crippen LogP contribution in [0.1, 0.15) is 56.5 Å². The van der Waals surface area contributed by atoms with Crippen LogP contribution in [0.3, 0.4) is 0 Å². The number of carbonyl (C=O) groups excluding carboxylic acids is 2. The van der Waals surface area contributed by atoms with Crippen LogP contribution in [-0.4, -0.2) is 38.7 Å². The lowest BCUT2D eigenvalue weighted by atomic mass is 9.91. The van der Waals surface area contributed by atoms with E-state index in [2.05, 4.69) is 27.3 Å². The number of aryl methyl sites for hydroxylation is 2. The third kappa shape index (κ3) is 3.71. The minimum absolute atomic E-state index is 0.259. The zero-order valence-corrected chi connectivity index (χ0v) is 18.3. The largest absolute Gasteiger partial charge is 0.465 e. The van der Waals surface area contributed by atoms with Crippen molar-refractivity contribution in [3.05, 3.63) is 39.3 Å². The second-order valence-corrected chi connectivity index (χ2v) is 8.45. The molecular formula is C22H25N3O4S. The van der Waals surface area contributed by atoms with Crippen molar-refractivity contribution in [3.8, 4) is 0 Å². The minimum Gasteiger partial charge on any atom is -0.465 e. The number of thiophene rings is 1. The number of anilines is 1. The molecule has 30 heavy (non-hydrogen) atoms. The van der Waals surface area contributed by atoms with Crippen LogP contribution in [0.2, 0.25) is 0 Å². The second-order valence-electron chi connectivity index (χ2n) is 7.46. The Morgan fingerprint density at radius 1 is 1.10 bits per heavy atom. The summed E-state index contributed by atoms with van der Waals surface area (Å²) in [5.74, 6) is -1.01. The number of rotatable bonds is 5. The fraction of sp³-hybridized carbons (Fsp3) is 0.455. The van der Waals surface area contributed by atoms with Crippen molar-refractivity contribution in [3.63, 3.8) is 0 Å². The number of nitrogens with zero attached hydrogens (tertiary/aromatic N) is 3. The zero-order valence-electron chi connectivity index (χ0n) is 17.5. The summed E-state index contributed by atoms with van der Waals surface area (Å²) in [7, 11) is 1.31. The maximum Gasteiger partial charge on any atom is 0.348 e. The number of esters is 2. The molecule has 0 aliphatic carbocycles. The molecule has 0 unspecified atom stereocenters. The van der Waals surface area contributed by atoms with Gasteiger partial charge in [-0.25, -0.2) is 9.59 Å². The summed E-state index contributed by atoms with van der Waals surface area (Å²) in [5, 5.41) is 9.15. The van der Waals surface area contributed by atoms with Gasteiger partial charge in [-0.05, 0) is 68.4 Å². The Hall–Kier alpha value is -2.74. The van der Waals surface area contributed by atoms with E-state index in [1.165, 1.54) is 23.9 Å². The van der Waals surface area contributed by atoms with Gasteiger partial charge in [-0.3, -0.25) is 0 Å². The van der Waals surface area contributed by atoms with Crippen molar-refractivity contribution < 1.29 is 19.1 Å². The van der Waals surface area contributed by atoms with Crippen molar-refractivity contribution in [1.29, 1.82) is 0 Å². The summed E-state index contributed by atoms with van der Waals surface area (Å²) < 4.78 is 10.0. The van der Waals surface area contributed by atoms with E-state index in [0.29, 0.717) is 15.4 Å². The molecule has 0 spiro atoms. The first-order valence-corrected chi connectivity index (χ1v) is 11.1. The molecule has 0 atom stereocenters. The highest BCUT2D eigenvalue weighted by Gasteiger charge is 2.27. The quantitative estimate of drug-likeness (QED) is 0.488. The molecular weight excluding hydrogens is 402 g/mol. The first kappa shape index (κ1) is 20.5. The lowest BCUT2D eigenvalue weighted by Crippen LogP contribution is -2.34. The molecule has 3 heterocycles. The summed E-state index contributed by atoms with van der Waals surface area (Å²) in [4.78, 5) is 27.4. The lowest BCUT2D eigenvalue weighted by Gasteiger charge is -2.36. The molecule has 8 heteroatoms. The van der Waals surface area contributed by atoms with E-state index in [9.17, 15) is 9.59 Å². The third-order valence-electron chi connectivity index (χ3n) is 5.55. The van der Waals surface area contributed by atoms with Crippen LogP contribution >= 0.6 is 11.3 Å². The maximum absolute atomic E-state index is 12.3. The summed E-state index contributed by atoms with van der Waals surface area (Å²) in [6.07, 6.45) is 4.38. The van der Waals surface area contributed by atoms with E-state index < -0.39 is 11.9 Å². The van der Waals surface area contributed by atoms with Gasteiger partial charge in [0.2, 0.25) is 0 Å². The van der Waals surface area contributed by atoms with Crippen molar-refractivity contribution >= 4 is 39.7 Å². The molecule has 0 saturated heterocycles. The Bertz CT molecular complexity index is 997. The molecule has 7 nitrogen and oxygen atoms in total. The number of benzene rings is 1. The SMILES string of the molecule is CCOC(=O)c1sc(N=Nc2cc3c4c(c2)CCCN4CCC3)c(C(=O)OC)c1C. The molecule has 2 aliphatic heterocycles. The second kappa shape index (κ2) is 8.55. The van der Waals surface area contributed by atoms with Crippen LogP contribution < -0.4 is 4.90 Å². The van der Waals surface area contributed by atoms with E-state index in [1.807, 2.05) is 0 Å². The predicted octanol–water partition coefficient (Wildman–Crippen LogP) is 5.13. The van der Waals surface area contributed by atoms with E-state index in [-0.39, 0.29) is 12.2 Å². The molecule has 0 bridgehead atoms. The Morgan fingerprint density at radius 2 is 1.77 bits per heavy atom. The fourth-order valence-corrected chi connectivity index (χ4v) is 5.26. The topological polar surface area (TPSA) is 80.6 Å². The summed E-state index contributed by atoms with van der Waals surface area (Å²) in [6, 6.07) is 4.18. The highest BCUT2D eigenvalue weighted by atomic mass is 32.1. The molecule has 0 radical (unpaired) electrons. The van der Waals surface area contributed by atoms with Crippen LogP contribution in [0.25, 0.3) is 0 Å². The van der Waals surface area contributed by atoms with Crippen LogP contribution in [-0.2, 0) is 22.3 Å². The highest BCUT2D eigenvalue weighted by molar-refractivity contribution is 7.18. The van der Waals surface area contributed by atoms with Crippen LogP contribution in [0.4, 0.5) is 16.4 Å². The van der Waals surface area contributed by atoms with Gasteiger partial charge in [0.05, 0.1) is 19.4 Å². The Balaban J connectivity index is 1.71. The van der Waals surface area contributed by atoms with Crippen molar-refractivity contribution in [2.75, 3.05) is 31.7 Å². The normalized spacial score (nSPS) is 15.2. The molecule has 1 aromatic carbocycles. The average molecular weight is 428 g/mol. The molecule has 0 amide bonds. The first-order valence-electron chi connectivity index (χ1n) is 10.2. The number of hydrogen-bond acceptors (Lipinski definition) is 8. The standard InChI is InChI=1S/C22H25N3O4S/c1-4-29-22(27)19-13(2)17(21(26)28-3)20(30-19)24-23-16-11-14-7-5-9-25-10-6-8-15(12-16)18(14)25/h11-12H,4-10H2,1-3H3. The van der Waals surface area contributed by atoms with E-state index in [1.54, 1.807) is 13.8 Å². The van der Waals surface area contributed by atoms with Gasteiger partial charge in [-0.2, -0.15) is 0 Å². The summed E-state index contributed by atoms with van der Waals surface area (Å²) >= 11 is 1.10. The Kier molecular flexibility index (Phi) is 5.85. The van der Waals surface area contributed by atoms with Gasteiger partial charge in [0.25, 0.3) is 0 Å². The monoisotopic (exact) mass is 427 g/mol. The van der Waals surface area contributed by atoms with Gasteiger partial charge >= 0.3 is 11.9 Å². The molecule has 0 N–H and O–H groups in total. The highest BCUT2D eigenvalue weighted by Crippen LogP contribution is 2.40. The van der Waals surface area contributed by atoms with Gasteiger partial charge in [0, 0.05) is 18.8 Å². The van der Waals surface area contributed by atoms with Gasteiger partial charge in [0.15, 0.2) is 5.00 Å². The number of methoxy groups -OCH3 is 1. The molecule has 158 valence electrons. The number of azo groups is 1. The van der Waals surface area contributed by atoms with Crippen molar-refractivity contribution in [2.24, 2.45) is 10.2 Å². The Morgan fingerprint density at radius 3 is 2.37 bits per heavy atom. The molecule has 0 fully saturated rings. The zero-order chi connectivity index (χ0) is 21.3. The number of hydrogen-bond donors (Lipinski definition) is 0. The first-order chi connectivity index (χ1) is 14.5. The van der Waals surface area contributed by atoms with Crippen LogP contribution in [0.5, 0.6) is 0 Å². The molecule has 0 saturated carbocycles. The van der Waals surface area contributed by atoms with Crippen LogP contribution in [0, 0.1) is 6.92 Å². The predicted molar refractivity (Wildman–Crippen MR) is 116 cm³/mol. The van der Waals surface area contributed by atoms with Crippen LogP contribution in [0.15, 0.2) is 22.4 Å². The van der Waals surface area contributed by atoms with E-state index >= 15 is 0 Å². The minimum atomic E-state index is -0.538. The average Bonchev–Trinajstić information content (AvgIpc) is 3.08. The molecule has 1 aromatic heterocycles. The molecule has 2 aliphatic rings. The molecule has 4 rings (SSSR count). The smallest absolute Gasteiger partial charge is 0.348 e.